The number of hydrogen-bond donors (Lipinski definition) is 0. The van der Waals surface area contributed by atoms with Gasteiger partial charge in [0.15, 0.2) is 0 Å². The second-order valence-corrected chi connectivity index (χ2v) is 6.73. The maximum atomic E-state index is 2.45. The SMILES string of the molecule is C/C(=C\CCC(C)c1ccc(C)cc1)CCCC(C)C. The Bertz CT molecular complexity index is 395. The number of allylic oxidation sites excluding steroid dienone is 2. The molecular weight excluding hydrogens is 240 g/mol. The molecule has 0 N–H and O–H groups in total. The van der Waals surface area contributed by atoms with E-state index in [0.29, 0.717) is 5.92 Å². The molecule has 0 heterocycles. The molecule has 0 radical (unpaired) electrons. The Morgan fingerprint density at radius 1 is 1.05 bits per heavy atom. The van der Waals surface area contributed by atoms with Gasteiger partial charge in [-0.1, -0.05) is 68.7 Å². The highest BCUT2D eigenvalue weighted by atomic mass is 14.1. The van der Waals surface area contributed by atoms with Gasteiger partial charge in [0.25, 0.3) is 0 Å². The van der Waals surface area contributed by atoms with Crippen molar-refractivity contribution in [1.29, 1.82) is 0 Å². The Kier molecular flexibility index (Phi) is 7.65. The van der Waals surface area contributed by atoms with Crippen LogP contribution in [0.3, 0.4) is 0 Å². The van der Waals surface area contributed by atoms with Gasteiger partial charge in [0.1, 0.15) is 0 Å². The Morgan fingerprint density at radius 3 is 2.30 bits per heavy atom. The van der Waals surface area contributed by atoms with Crippen molar-refractivity contribution in [1.82, 2.24) is 0 Å². The van der Waals surface area contributed by atoms with Crippen LogP contribution in [-0.2, 0) is 0 Å². The Morgan fingerprint density at radius 2 is 1.70 bits per heavy atom. The van der Waals surface area contributed by atoms with Crippen LogP contribution in [0.5, 0.6) is 0 Å². The number of aryl methyl sites for hydroxylation is 1. The maximum absolute atomic E-state index is 2.45. The van der Waals surface area contributed by atoms with Gasteiger partial charge < -0.3 is 0 Å². The van der Waals surface area contributed by atoms with Crippen LogP contribution < -0.4 is 0 Å². The van der Waals surface area contributed by atoms with Gasteiger partial charge in [0.05, 0.1) is 0 Å². The maximum Gasteiger partial charge on any atom is -0.0187 e. The van der Waals surface area contributed by atoms with Crippen molar-refractivity contribution in [3.8, 4) is 0 Å². The number of hydrogen-bond acceptors (Lipinski definition) is 0. The predicted octanol–water partition coefficient (Wildman–Crippen LogP) is 6.65. The van der Waals surface area contributed by atoms with Crippen LogP contribution >= 0.6 is 0 Å². The molecule has 112 valence electrons. The van der Waals surface area contributed by atoms with Gasteiger partial charge in [-0.2, -0.15) is 0 Å². The number of benzene rings is 1. The molecule has 0 aliphatic rings. The first-order valence-electron chi connectivity index (χ1n) is 8.21. The minimum absolute atomic E-state index is 0.662. The minimum atomic E-state index is 0.662. The summed E-state index contributed by atoms with van der Waals surface area (Å²) in [6.07, 6.45) is 8.88. The summed E-state index contributed by atoms with van der Waals surface area (Å²) in [6.45, 7) is 11.4. The van der Waals surface area contributed by atoms with Gasteiger partial charge in [0.2, 0.25) is 0 Å². The van der Waals surface area contributed by atoms with E-state index in [9.17, 15) is 0 Å². The molecule has 1 atom stereocenters. The molecule has 0 heteroatoms. The van der Waals surface area contributed by atoms with Crippen molar-refractivity contribution in [3.63, 3.8) is 0 Å². The van der Waals surface area contributed by atoms with Crippen molar-refractivity contribution < 1.29 is 0 Å². The second-order valence-electron chi connectivity index (χ2n) is 6.73. The van der Waals surface area contributed by atoms with Crippen molar-refractivity contribution in [2.24, 2.45) is 5.92 Å². The largest absolute Gasteiger partial charge is 0.0856 e. The topological polar surface area (TPSA) is 0 Å². The quantitative estimate of drug-likeness (QED) is 0.465. The molecule has 0 aromatic heterocycles. The molecule has 0 fully saturated rings. The van der Waals surface area contributed by atoms with Crippen LogP contribution in [0.4, 0.5) is 0 Å². The minimum Gasteiger partial charge on any atom is -0.0856 e. The van der Waals surface area contributed by atoms with Crippen LogP contribution in [-0.4, -0.2) is 0 Å². The lowest BCUT2D eigenvalue weighted by atomic mass is 9.94. The van der Waals surface area contributed by atoms with Crippen molar-refractivity contribution in [3.05, 3.63) is 47.0 Å². The Hall–Kier alpha value is -1.04. The third-order valence-corrected chi connectivity index (χ3v) is 4.09. The molecule has 1 rings (SSSR count). The molecule has 0 bridgehead atoms. The molecular formula is C20H32. The third-order valence-electron chi connectivity index (χ3n) is 4.09. The summed E-state index contributed by atoms with van der Waals surface area (Å²) in [4.78, 5) is 0. The fourth-order valence-corrected chi connectivity index (χ4v) is 2.53. The third kappa shape index (κ3) is 6.93. The summed E-state index contributed by atoms with van der Waals surface area (Å²) in [6, 6.07) is 9.00. The van der Waals surface area contributed by atoms with Crippen LogP contribution in [0.25, 0.3) is 0 Å². The van der Waals surface area contributed by atoms with Crippen molar-refractivity contribution >= 4 is 0 Å². The van der Waals surface area contributed by atoms with Gasteiger partial charge in [-0.25, -0.2) is 0 Å². The summed E-state index contributed by atoms with van der Waals surface area (Å²) in [7, 11) is 0. The molecule has 0 nitrogen and oxygen atoms in total. The average molecular weight is 272 g/mol. The summed E-state index contributed by atoms with van der Waals surface area (Å²) in [5.74, 6) is 1.50. The molecule has 0 amide bonds. The monoisotopic (exact) mass is 272 g/mol. The van der Waals surface area contributed by atoms with Gasteiger partial charge in [-0.3, -0.25) is 0 Å². The molecule has 1 aromatic rings. The summed E-state index contributed by atoms with van der Waals surface area (Å²) in [5, 5.41) is 0. The lowest BCUT2D eigenvalue weighted by Gasteiger charge is -2.11. The standard InChI is InChI=1S/C20H32/c1-16(2)8-6-9-17(3)10-7-11-19(5)20-14-12-18(4)13-15-20/h10,12-16,19H,6-9,11H2,1-5H3/b17-10+. The zero-order chi connectivity index (χ0) is 15.0. The number of rotatable bonds is 8. The highest BCUT2D eigenvalue weighted by molar-refractivity contribution is 5.24. The molecule has 1 aromatic carbocycles. The molecule has 0 spiro atoms. The molecule has 20 heavy (non-hydrogen) atoms. The van der Waals surface area contributed by atoms with Crippen LogP contribution in [0, 0.1) is 12.8 Å². The summed E-state index contributed by atoms with van der Waals surface area (Å²) >= 11 is 0. The molecule has 0 aliphatic carbocycles. The van der Waals surface area contributed by atoms with Gasteiger partial charge in [-0.05, 0) is 56.9 Å². The van der Waals surface area contributed by atoms with E-state index in [4.69, 9.17) is 0 Å². The zero-order valence-electron chi connectivity index (χ0n) is 14.1. The Labute approximate surface area is 126 Å². The first-order valence-corrected chi connectivity index (χ1v) is 8.21. The fourth-order valence-electron chi connectivity index (χ4n) is 2.53. The second kappa shape index (κ2) is 9.00. The Balaban J connectivity index is 2.30. The normalized spacial score (nSPS) is 13.8. The average Bonchev–Trinajstić information content (AvgIpc) is 2.39. The van der Waals surface area contributed by atoms with E-state index in [2.05, 4.69) is 65.0 Å². The summed E-state index contributed by atoms with van der Waals surface area (Å²) < 4.78 is 0. The first kappa shape index (κ1) is 17.0. The van der Waals surface area contributed by atoms with Crippen LogP contribution in [0.2, 0.25) is 0 Å². The van der Waals surface area contributed by atoms with Crippen LogP contribution in [0.1, 0.15) is 76.8 Å². The van der Waals surface area contributed by atoms with E-state index in [1.165, 1.54) is 43.2 Å². The van der Waals surface area contributed by atoms with Gasteiger partial charge in [-0.15, -0.1) is 0 Å². The highest BCUT2D eigenvalue weighted by Gasteiger charge is 2.04. The van der Waals surface area contributed by atoms with Crippen molar-refractivity contribution in [2.75, 3.05) is 0 Å². The van der Waals surface area contributed by atoms with E-state index in [-0.39, 0.29) is 0 Å². The molecule has 0 aliphatic heterocycles. The van der Waals surface area contributed by atoms with Gasteiger partial charge in [0, 0.05) is 0 Å². The van der Waals surface area contributed by atoms with Crippen molar-refractivity contribution in [2.45, 2.75) is 72.6 Å². The van der Waals surface area contributed by atoms with Gasteiger partial charge >= 0.3 is 0 Å². The van der Waals surface area contributed by atoms with E-state index < -0.39 is 0 Å². The van der Waals surface area contributed by atoms with Crippen LogP contribution in [0.15, 0.2) is 35.9 Å². The highest BCUT2D eigenvalue weighted by Crippen LogP contribution is 2.22. The molecule has 1 unspecified atom stereocenters. The smallest absolute Gasteiger partial charge is 0.0187 e. The zero-order valence-corrected chi connectivity index (χ0v) is 14.1. The lowest BCUT2D eigenvalue weighted by molar-refractivity contribution is 0.554. The first-order chi connectivity index (χ1) is 9.49. The van der Waals surface area contributed by atoms with E-state index in [1.807, 2.05) is 0 Å². The fraction of sp³-hybridized carbons (Fsp3) is 0.600. The summed E-state index contributed by atoms with van der Waals surface area (Å²) in [5.41, 5.74) is 4.39. The lowest BCUT2D eigenvalue weighted by Crippen LogP contribution is -1.93. The molecule has 0 saturated carbocycles. The van der Waals surface area contributed by atoms with E-state index in [0.717, 1.165) is 5.92 Å². The molecule has 0 saturated heterocycles. The van der Waals surface area contributed by atoms with E-state index >= 15 is 0 Å². The predicted molar refractivity (Wildman–Crippen MR) is 91.3 cm³/mol. The van der Waals surface area contributed by atoms with E-state index in [1.54, 1.807) is 5.57 Å².